The molecule has 0 aliphatic carbocycles. The summed E-state index contributed by atoms with van der Waals surface area (Å²) in [6, 6.07) is 14.4. The van der Waals surface area contributed by atoms with Crippen molar-refractivity contribution in [3.8, 4) is 6.07 Å². The standard InChI is InChI=1S/C17H15ClN4O/c1-12-15(18)3-2-4-16(12)20-11-17(23)22-21-10-14-7-5-13(9-19)6-8-14/h2-8,10,20H,11H2,1H3,(H,22,23). The smallest absolute Gasteiger partial charge is 0.259 e. The average Bonchev–Trinajstić information content (AvgIpc) is 2.57. The van der Waals surface area contributed by atoms with Gasteiger partial charge in [-0.05, 0) is 42.3 Å². The summed E-state index contributed by atoms with van der Waals surface area (Å²) in [5, 5.41) is 16.2. The van der Waals surface area contributed by atoms with Gasteiger partial charge in [-0.25, -0.2) is 5.43 Å². The second-order valence-corrected chi connectivity index (χ2v) is 5.20. The number of carbonyl (C=O) groups excluding carboxylic acids is 1. The molecule has 0 aromatic heterocycles. The predicted molar refractivity (Wildman–Crippen MR) is 91.6 cm³/mol. The van der Waals surface area contributed by atoms with E-state index in [1.54, 1.807) is 30.3 Å². The van der Waals surface area contributed by atoms with Gasteiger partial charge >= 0.3 is 0 Å². The summed E-state index contributed by atoms with van der Waals surface area (Å²) in [6.07, 6.45) is 1.52. The first-order chi connectivity index (χ1) is 11.1. The molecule has 2 N–H and O–H groups in total. The molecule has 2 aromatic carbocycles. The average molecular weight is 327 g/mol. The summed E-state index contributed by atoms with van der Waals surface area (Å²) in [7, 11) is 0. The van der Waals surface area contributed by atoms with E-state index in [4.69, 9.17) is 16.9 Å². The van der Waals surface area contributed by atoms with Gasteiger partial charge in [-0.3, -0.25) is 4.79 Å². The highest BCUT2D eigenvalue weighted by molar-refractivity contribution is 6.31. The molecule has 0 saturated carbocycles. The largest absolute Gasteiger partial charge is 0.376 e. The van der Waals surface area contributed by atoms with E-state index >= 15 is 0 Å². The minimum absolute atomic E-state index is 0.0892. The van der Waals surface area contributed by atoms with Gasteiger partial charge in [0, 0.05) is 10.7 Å². The van der Waals surface area contributed by atoms with Crippen LogP contribution in [0.2, 0.25) is 5.02 Å². The number of rotatable bonds is 5. The number of benzene rings is 2. The SMILES string of the molecule is Cc1c(Cl)cccc1NCC(=O)NN=Cc1ccc(C#N)cc1. The topological polar surface area (TPSA) is 77.3 Å². The maximum Gasteiger partial charge on any atom is 0.259 e. The Morgan fingerprint density at radius 3 is 2.74 bits per heavy atom. The lowest BCUT2D eigenvalue weighted by molar-refractivity contribution is -0.119. The first-order valence-electron chi connectivity index (χ1n) is 6.91. The number of halogens is 1. The van der Waals surface area contributed by atoms with Gasteiger partial charge in [0.2, 0.25) is 0 Å². The molecule has 0 fully saturated rings. The van der Waals surface area contributed by atoms with Gasteiger partial charge in [0.1, 0.15) is 0 Å². The van der Waals surface area contributed by atoms with Crippen molar-refractivity contribution in [1.29, 1.82) is 5.26 Å². The first-order valence-corrected chi connectivity index (χ1v) is 7.29. The Kier molecular flexibility index (Phi) is 5.73. The van der Waals surface area contributed by atoms with Crippen LogP contribution in [0.3, 0.4) is 0 Å². The second-order valence-electron chi connectivity index (χ2n) is 4.79. The number of anilines is 1. The van der Waals surface area contributed by atoms with Crippen LogP contribution in [-0.2, 0) is 4.79 Å². The third-order valence-electron chi connectivity index (χ3n) is 3.15. The Bertz CT molecular complexity index is 763. The third kappa shape index (κ3) is 4.83. The van der Waals surface area contributed by atoms with E-state index in [1.807, 2.05) is 25.1 Å². The maximum absolute atomic E-state index is 11.7. The number of hydrogen-bond donors (Lipinski definition) is 2. The van der Waals surface area contributed by atoms with Gasteiger partial charge in [-0.2, -0.15) is 10.4 Å². The molecule has 2 rings (SSSR count). The van der Waals surface area contributed by atoms with E-state index in [0.717, 1.165) is 16.8 Å². The second kappa shape index (κ2) is 7.97. The van der Waals surface area contributed by atoms with Crippen LogP contribution in [0.25, 0.3) is 0 Å². The molecule has 0 heterocycles. The maximum atomic E-state index is 11.7. The minimum atomic E-state index is -0.269. The van der Waals surface area contributed by atoms with Gasteiger partial charge in [-0.15, -0.1) is 0 Å². The molecule has 0 spiro atoms. The molecule has 0 radical (unpaired) electrons. The van der Waals surface area contributed by atoms with E-state index in [1.165, 1.54) is 6.21 Å². The summed E-state index contributed by atoms with van der Waals surface area (Å²) in [5.74, 6) is -0.269. The Morgan fingerprint density at radius 2 is 2.04 bits per heavy atom. The van der Waals surface area contributed by atoms with E-state index in [2.05, 4.69) is 15.8 Å². The first kappa shape index (κ1) is 16.5. The van der Waals surface area contributed by atoms with E-state index in [-0.39, 0.29) is 12.5 Å². The van der Waals surface area contributed by atoms with Crippen LogP contribution in [0.4, 0.5) is 5.69 Å². The molecule has 1 amide bonds. The molecule has 116 valence electrons. The lowest BCUT2D eigenvalue weighted by Crippen LogP contribution is -2.26. The van der Waals surface area contributed by atoms with E-state index in [0.29, 0.717) is 10.6 Å². The van der Waals surface area contributed by atoms with Gasteiger partial charge < -0.3 is 5.32 Å². The van der Waals surface area contributed by atoms with Crippen molar-refractivity contribution in [3.05, 3.63) is 64.2 Å². The van der Waals surface area contributed by atoms with Crippen LogP contribution in [0, 0.1) is 18.3 Å². The molecule has 0 bridgehead atoms. The van der Waals surface area contributed by atoms with Crippen LogP contribution in [-0.4, -0.2) is 18.7 Å². The van der Waals surface area contributed by atoms with Crippen molar-refractivity contribution >= 4 is 29.4 Å². The van der Waals surface area contributed by atoms with Crippen molar-refractivity contribution < 1.29 is 4.79 Å². The number of hydrazone groups is 1. The van der Waals surface area contributed by atoms with Crippen LogP contribution >= 0.6 is 11.6 Å². The molecule has 2 aromatic rings. The lowest BCUT2D eigenvalue weighted by Gasteiger charge is -2.09. The Labute approximate surface area is 139 Å². The third-order valence-corrected chi connectivity index (χ3v) is 3.56. The van der Waals surface area contributed by atoms with Gasteiger partial charge in [-0.1, -0.05) is 29.8 Å². The molecule has 0 saturated heterocycles. The van der Waals surface area contributed by atoms with Crippen LogP contribution < -0.4 is 10.7 Å². The molecule has 5 nitrogen and oxygen atoms in total. The number of carbonyl (C=O) groups is 1. The molecule has 0 atom stereocenters. The monoisotopic (exact) mass is 326 g/mol. The van der Waals surface area contributed by atoms with Crippen LogP contribution in [0.15, 0.2) is 47.6 Å². The zero-order valence-electron chi connectivity index (χ0n) is 12.5. The Morgan fingerprint density at radius 1 is 1.30 bits per heavy atom. The van der Waals surface area contributed by atoms with Crippen molar-refractivity contribution in [3.63, 3.8) is 0 Å². The number of amides is 1. The zero-order chi connectivity index (χ0) is 16.7. The Balaban J connectivity index is 1.84. The highest BCUT2D eigenvalue weighted by Crippen LogP contribution is 2.22. The number of nitrogens with zero attached hydrogens (tertiary/aromatic N) is 2. The zero-order valence-corrected chi connectivity index (χ0v) is 13.3. The van der Waals surface area contributed by atoms with Crippen molar-refractivity contribution in [2.45, 2.75) is 6.92 Å². The van der Waals surface area contributed by atoms with Crippen LogP contribution in [0.1, 0.15) is 16.7 Å². The summed E-state index contributed by atoms with van der Waals surface area (Å²) >= 11 is 6.02. The fraction of sp³-hybridized carbons (Fsp3) is 0.118. The van der Waals surface area contributed by atoms with Gasteiger partial charge in [0.25, 0.3) is 5.91 Å². The number of hydrogen-bond acceptors (Lipinski definition) is 4. The van der Waals surface area contributed by atoms with Gasteiger partial charge in [0.05, 0.1) is 24.4 Å². The predicted octanol–water partition coefficient (Wildman–Crippen LogP) is 3.08. The molecule has 0 unspecified atom stereocenters. The Hall–Kier alpha value is -2.84. The summed E-state index contributed by atoms with van der Waals surface area (Å²) in [5.41, 5.74) is 5.51. The molecular weight excluding hydrogens is 312 g/mol. The normalized spacial score (nSPS) is 10.3. The molecule has 23 heavy (non-hydrogen) atoms. The number of nitriles is 1. The van der Waals surface area contributed by atoms with Crippen molar-refractivity contribution in [2.24, 2.45) is 5.10 Å². The summed E-state index contributed by atoms with van der Waals surface area (Å²) < 4.78 is 0. The van der Waals surface area contributed by atoms with E-state index < -0.39 is 0 Å². The van der Waals surface area contributed by atoms with Crippen molar-refractivity contribution in [2.75, 3.05) is 11.9 Å². The van der Waals surface area contributed by atoms with Gasteiger partial charge in [0.15, 0.2) is 0 Å². The highest BCUT2D eigenvalue weighted by Gasteiger charge is 2.04. The van der Waals surface area contributed by atoms with E-state index in [9.17, 15) is 4.79 Å². The minimum Gasteiger partial charge on any atom is -0.376 e. The fourth-order valence-corrected chi connectivity index (χ4v) is 2.01. The molecule has 6 heteroatoms. The highest BCUT2D eigenvalue weighted by atomic mass is 35.5. The summed E-state index contributed by atoms with van der Waals surface area (Å²) in [4.78, 5) is 11.7. The fourth-order valence-electron chi connectivity index (χ4n) is 1.84. The van der Waals surface area contributed by atoms with Crippen molar-refractivity contribution in [1.82, 2.24) is 5.43 Å². The molecule has 0 aliphatic heterocycles. The van der Waals surface area contributed by atoms with Crippen LogP contribution in [0.5, 0.6) is 0 Å². The molecular formula is C17H15ClN4O. The molecule has 0 aliphatic rings. The number of nitrogens with one attached hydrogen (secondary N) is 2. The lowest BCUT2D eigenvalue weighted by atomic mass is 10.2. The quantitative estimate of drug-likeness (QED) is 0.654. The summed E-state index contributed by atoms with van der Waals surface area (Å²) in [6.45, 7) is 1.97.